The highest BCUT2D eigenvalue weighted by atomic mass is 19.4. The molecule has 0 atom stereocenters. The fourth-order valence-corrected chi connectivity index (χ4v) is 3.55. The van der Waals surface area contributed by atoms with Crippen LogP contribution in [0.25, 0.3) is 11.1 Å². The Morgan fingerprint density at radius 1 is 0.921 bits per heavy atom. The summed E-state index contributed by atoms with van der Waals surface area (Å²) >= 11 is 0. The smallest absolute Gasteiger partial charge is 0.416 e. The molecule has 202 valence electrons. The number of rotatable bonds is 10. The number of anilines is 1. The van der Waals surface area contributed by atoms with Crippen LogP contribution in [0.4, 0.5) is 18.9 Å². The van der Waals surface area contributed by atoms with Crippen LogP contribution in [0.15, 0.2) is 66.7 Å². The van der Waals surface area contributed by atoms with E-state index in [4.69, 9.17) is 14.2 Å². The van der Waals surface area contributed by atoms with Crippen molar-refractivity contribution in [2.45, 2.75) is 45.9 Å². The van der Waals surface area contributed by atoms with E-state index in [0.717, 1.165) is 17.7 Å². The largest absolute Gasteiger partial charge is 0.493 e. The van der Waals surface area contributed by atoms with Crippen LogP contribution in [0.5, 0.6) is 11.5 Å². The Balaban J connectivity index is 1.51. The second-order valence-corrected chi connectivity index (χ2v) is 9.06. The minimum atomic E-state index is -4.42. The maximum Gasteiger partial charge on any atom is 0.416 e. The van der Waals surface area contributed by atoms with Crippen molar-refractivity contribution in [1.82, 2.24) is 0 Å². The third kappa shape index (κ3) is 7.74. The van der Waals surface area contributed by atoms with Gasteiger partial charge in [0, 0.05) is 5.69 Å². The van der Waals surface area contributed by atoms with Crippen molar-refractivity contribution in [3.8, 4) is 22.6 Å². The molecule has 0 unspecified atom stereocenters. The minimum Gasteiger partial charge on any atom is -0.493 e. The number of hydrogen-bond donors (Lipinski definition) is 1. The van der Waals surface area contributed by atoms with Crippen LogP contribution in [0, 0.1) is 6.92 Å². The molecule has 0 aliphatic rings. The Hall–Kier alpha value is -4.01. The number of aryl methyl sites for hydroxylation is 1. The minimum absolute atomic E-state index is 0.0859. The van der Waals surface area contributed by atoms with Gasteiger partial charge in [0.2, 0.25) is 5.91 Å². The van der Waals surface area contributed by atoms with E-state index in [-0.39, 0.29) is 25.5 Å². The molecule has 0 bridgehead atoms. The van der Waals surface area contributed by atoms with E-state index in [1.807, 2.05) is 6.92 Å². The van der Waals surface area contributed by atoms with Crippen molar-refractivity contribution in [2.24, 2.45) is 0 Å². The summed E-state index contributed by atoms with van der Waals surface area (Å²) in [5.74, 6) is 0.324. The van der Waals surface area contributed by atoms with Gasteiger partial charge in [0.05, 0.1) is 25.2 Å². The highest BCUT2D eigenvalue weighted by Gasteiger charge is 2.32. The summed E-state index contributed by atoms with van der Waals surface area (Å²) in [6, 6.07) is 16.8. The van der Waals surface area contributed by atoms with E-state index in [1.54, 1.807) is 69.3 Å². The molecule has 38 heavy (non-hydrogen) atoms. The molecule has 3 aromatic carbocycles. The number of nitrogens with one attached hydrogen (secondary N) is 1. The standard InChI is InChI=1S/C29H30F3NO5/c1-5-36-27(35)28(3,4)38-25-14-13-24(17-19(25)2)37-16-15-26(34)33-23-11-9-20(10-12-23)21-7-6-8-22(18-21)29(30,31)32/h6-14,17-18H,5,15-16H2,1-4H3,(H,33,34). The Labute approximate surface area is 219 Å². The van der Waals surface area contributed by atoms with Gasteiger partial charge in [0.1, 0.15) is 11.5 Å². The summed E-state index contributed by atoms with van der Waals surface area (Å²) in [5, 5.41) is 2.75. The second-order valence-electron chi connectivity index (χ2n) is 9.06. The van der Waals surface area contributed by atoms with Crippen molar-refractivity contribution >= 4 is 17.6 Å². The first-order chi connectivity index (χ1) is 17.9. The van der Waals surface area contributed by atoms with Crippen molar-refractivity contribution in [1.29, 1.82) is 0 Å². The van der Waals surface area contributed by atoms with Crippen LogP contribution in [0.2, 0.25) is 0 Å². The Bertz CT molecular complexity index is 1270. The molecular weight excluding hydrogens is 499 g/mol. The molecule has 1 amide bonds. The second kappa shape index (κ2) is 12.0. The first-order valence-corrected chi connectivity index (χ1v) is 12.1. The van der Waals surface area contributed by atoms with E-state index in [2.05, 4.69) is 5.32 Å². The zero-order valence-corrected chi connectivity index (χ0v) is 21.6. The molecule has 1 N–H and O–H groups in total. The maximum atomic E-state index is 13.0. The molecule has 0 aromatic heterocycles. The van der Waals surface area contributed by atoms with Gasteiger partial charge in [-0.05, 0) is 86.8 Å². The third-order valence-corrected chi connectivity index (χ3v) is 5.57. The Kier molecular flexibility index (Phi) is 9.04. The van der Waals surface area contributed by atoms with Crippen LogP contribution < -0.4 is 14.8 Å². The number of benzene rings is 3. The molecular formula is C29H30F3NO5. The van der Waals surface area contributed by atoms with Gasteiger partial charge in [0.25, 0.3) is 0 Å². The first-order valence-electron chi connectivity index (χ1n) is 12.1. The summed E-state index contributed by atoms with van der Waals surface area (Å²) < 4.78 is 55.5. The molecule has 0 saturated carbocycles. The lowest BCUT2D eigenvalue weighted by atomic mass is 10.0. The van der Waals surface area contributed by atoms with Gasteiger partial charge in [-0.25, -0.2) is 4.79 Å². The molecule has 6 nitrogen and oxygen atoms in total. The number of hydrogen-bond acceptors (Lipinski definition) is 5. The SMILES string of the molecule is CCOC(=O)C(C)(C)Oc1ccc(OCCC(=O)Nc2ccc(-c3cccc(C(F)(F)F)c3)cc2)cc1C. The van der Waals surface area contributed by atoms with E-state index < -0.39 is 23.3 Å². The molecule has 0 radical (unpaired) electrons. The molecule has 9 heteroatoms. The molecule has 0 fully saturated rings. The van der Waals surface area contributed by atoms with E-state index >= 15 is 0 Å². The van der Waals surface area contributed by atoms with Crippen molar-refractivity contribution in [2.75, 3.05) is 18.5 Å². The van der Waals surface area contributed by atoms with Crippen LogP contribution in [-0.2, 0) is 20.5 Å². The fourth-order valence-electron chi connectivity index (χ4n) is 3.55. The monoisotopic (exact) mass is 529 g/mol. The summed E-state index contributed by atoms with van der Waals surface area (Å²) in [4.78, 5) is 24.4. The molecule has 0 saturated heterocycles. The Morgan fingerprint density at radius 2 is 1.63 bits per heavy atom. The average Bonchev–Trinajstić information content (AvgIpc) is 2.86. The summed E-state index contributed by atoms with van der Waals surface area (Å²) in [6.07, 6.45) is -4.33. The van der Waals surface area contributed by atoms with Crippen LogP contribution in [-0.4, -0.2) is 30.7 Å². The number of carbonyl (C=O) groups is 2. The number of ether oxygens (including phenoxy) is 3. The quantitative estimate of drug-likeness (QED) is 0.292. The van der Waals surface area contributed by atoms with Gasteiger partial charge >= 0.3 is 12.1 Å². The van der Waals surface area contributed by atoms with Gasteiger partial charge in [-0.15, -0.1) is 0 Å². The van der Waals surface area contributed by atoms with Gasteiger partial charge in [-0.3, -0.25) is 4.79 Å². The summed E-state index contributed by atoms with van der Waals surface area (Å²) in [7, 11) is 0. The van der Waals surface area contributed by atoms with Crippen LogP contribution in [0.1, 0.15) is 38.3 Å². The van der Waals surface area contributed by atoms with Crippen molar-refractivity contribution < 1.29 is 37.0 Å². The normalized spacial score (nSPS) is 11.6. The fraction of sp³-hybridized carbons (Fsp3) is 0.310. The zero-order valence-electron chi connectivity index (χ0n) is 21.6. The Morgan fingerprint density at radius 3 is 2.26 bits per heavy atom. The number of carbonyl (C=O) groups excluding carboxylic acids is 2. The van der Waals surface area contributed by atoms with E-state index in [1.165, 1.54) is 6.07 Å². The lowest BCUT2D eigenvalue weighted by Gasteiger charge is -2.25. The maximum absolute atomic E-state index is 13.0. The molecule has 3 aromatic rings. The number of alkyl halides is 3. The summed E-state index contributed by atoms with van der Waals surface area (Å²) in [5.41, 5.74) is 0.447. The van der Waals surface area contributed by atoms with Gasteiger partial charge < -0.3 is 19.5 Å². The number of esters is 1. The highest BCUT2D eigenvalue weighted by Crippen LogP contribution is 2.32. The first kappa shape index (κ1) is 28.6. The zero-order chi connectivity index (χ0) is 27.9. The van der Waals surface area contributed by atoms with Crippen molar-refractivity contribution in [3.05, 3.63) is 77.9 Å². The van der Waals surface area contributed by atoms with Gasteiger partial charge in [0.15, 0.2) is 5.60 Å². The van der Waals surface area contributed by atoms with E-state index in [0.29, 0.717) is 28.3 Å². The topological polar surface area (TPSA) is 73.9 Å². The molecule has 0 spiro atoms. The van der Waals surface area contributed by atoms with Gasteiger partial charge in [-0.2, -0.15) is 13.2 Å². The lowest BCUT2D eigenvalue weighted by Crippen LogP contribution is -2.39. The van der Waals surface area contributed by atoms with E-state index in [9.17, 15) is 22.8 Å². The molecule has 3 rings (SSSR count). The number of amides is 1. The third-order valence-electron chi connectivity index (χ3n) is 5.57. The molecule has 0 aliphatic carbocycles. The van der Waals surface area contributed by atoms with Crippen molar-refractivity contribution in [3.63, 3.8) is 0 Å². The molecule has 0 heterocycles. The van der Waals surface area contributed by atoms with Crippen LogP contribution >= 0.6 is 0 Å². The lowest BCUT2D eigenvalue weighted by molar-refractivity contribution is -0.158. The highest BCUT2D eigenvalue weighted by molar-refractivity contribution is 5.91. The summed E-state index contributed by atoms with van der Waals surface area (Å²) in [6.45, 7) is 7.20. The predicted octanol–water partition coefficient (Wildman–Crippen LogP) is 6.81. The predicted molar refractivity (Wildman–Crippen MR) is 138 cm³/mol. The van der Waals surface area contributed by atoms with Crippen LogP contribution in [0.3, 0.4) is 0 Å². The molecule has 0 aliphatic heterocycles. The average molecular weight is 530 g/mol. The number of halogens is 3. The van der Waals surface area contributed by atoms with Gasteiger partial charge in [-0.1, -0.05) is 24.3 Å².